The first-order valence-electron chi connectivity index (χ1n) is 12.7. The number of amides is 1. The molecule has 2 heterocycles. The molecule has 1 amide bonds. The summed E-state index contributed by atoms with van der Waals surface area (Å²) in [4.78, 5) is 13.2. The van der Waals surface area contributed by atoms with Gasteiger partial charge in [-0.25, -0.2) is 0 Å². The van der Waals surface area contributed by atoms with Crippen molar-refractivity contribution in [3.05, 3.63) is 106 Å². The Kier molecular flexibility index (Phi) is 7.17. The maximum Gasteiger partial charge on any atom is 0.221 e. The second-order valence-corrected chi connectivity index (χ2v) is 10.6. The Labute approximate surface area is 218 Å². The van der Waals surface area contributed by atoms with Crippen LogP contribution in [0.2, 0.25) is 5.02 Å². The lowest BCUT2D eigenvalue weighted by atomic mass is 9.88. The molecule has 1 fully saturated rings. The molecule has 0 aliphatic carbocycles. The molecule has 5 rings (SSSR count). The molecular formula is C31H33ClN2O2. The number of aromatic nitrogens is 1. The first-order chi connectivity index (χ1) is 17.4. The maximum absolute atomic E-state index is 13.2. The average Bonchev–Trinajstić information content (AvgIpc) is 3.48. The van der Waals surface area contributed by atoms with E-state index >= 15 is 0 Å². The first-order valence-corrected chi connectivity index (χ1v) is 13.1. The summed E-state index contributed by atoms with van der Waals surface area (Å²) in [5, 5.41) is 5.01. The van der Waals surface area contributed by atoms with Crippen molar-refractivity contribution in [2.75, 3.05) is 13.2 Å². The first kappa shape index (κ1) is 24.6. The fourth-order valence-corrected chi connectivity index (χ4v) is 5.32. The number of hydrogen-bond donors (Lipinski definition) is 1. The van der Waals surface area contributed by atoms with Crippen LogP contribution in [0.4, 0.5) is 0 Å². The van der Waals surface area contributed by atoms with E-state index in [1.165, 1.54) is 22.0 Å². The van der Waals surface area contributed by atoms with Gasteiger partial charge in [0.1, 0.15) is 0 Å². The summed E-state index contributed by atoms with van der Waals surface area (Å²) in [6.07, 6.45) is 4.59. The molecule has 1 saturated heterocycles. The van der Waals surface area contributed by atoms with Crippen LogP contribution in [0.3, 0.4) is 0 Å². The van der Waals surface area contributed by atoms with Crippen molar-refractivity contribution >= 4 is 28.4 Å². The number of hydrogen-bond acceptors (Lipinski definition) is 2. The summed E-state index contributed by atoms with van der Waals surface area (Å²) in [7, 11) is 0. The lowest BCUT2D eigenvalue weighted by Crippen LogP contribution is -2.40. The van der Waals surface area contributed by atoms with Gasteiger partial charge in [0, 0.05) is 54.2 Å². The Morgan fingerprint density at radius 2 is 1.83 bits per heavy atom. The minimum atomic E-state index is -0.268. The zero-order chi connectivity index (χ0) is 25.1. The van der Waals surface area contributed by atoms with Crippen molar-refractivity contribution in [3.8, 4) is 0 Å². The summed E-state index contributed by atoms with van der Waals surface area (Å²) in [6.45, 7) is 6.26. The van der Waals surface area contributed by atoms with E-state index in [1.54, 1.807) is 0 Å². The molecule has 0 radical (unpaired) electrons. The third-order valence-electron chi connectivity index (χ3n) is 7.29. The van der Waals surface area contributed by atoms with Gasteiger partial charge in [-0.15, -0.1) is 0 Å². The SMILES string of the molecule is Cc1ccc(Cn2cc([C@@H](CC(=O)NC[C@]3(C)CCCO3)c3ccc(Cl)cc3)c3ccccc32)cc1. The van der Waals surface area contributed by atoms with Crippen LogP contribution in [0.25, 0.3) is 10.9 Å². The van der Waals surface area contributed by atoms with Gasteiger partial charge >= 0.3 is 0 Å². The van der Waals surface area contributed by atoms with E-state index in [-0.39, 0.29) is 17.4 Å². The van der Waals surface area contributed by atoms with E-state index in [4.69, 9.17) is 16.3 Å². The molecule has 1 aliphatic heterocycles. The number of ether oxygens (including phenoxy) is 1. The molecule has 4 aromatic rings. The molecule has 0 bridgehead atoms. The Bertz CT molecular complexity index is 1340. The summed E-state index contributed by atoms with van der Waals surface area (Å²) in [5.74, 6) is -0.0641. The molecule has 5 heteroatoms. The minimum Gasteiger partial charge on any atom is -0.373 e. The molecule has 3 aromatic carbocycles. The third-order valence-corrected chi connectivity index (χ3v) is 7.54. The monoisotopic (exact) mass is 500 g/mol. The van der Waals surface area contributed by atoms with Gasteiger partial charge in [0.05, 0.1) is 5.60 Å². The lowest BCUT2D eigenvalue weighted by Gasteiger charge is -2.24. The fourth-order valence-electron chi connectivity index (χ4n) is 5.20. The zero-order valence-corrected chi connectivity index (χ0v) is 21.7. The highest BCUT2D eigenvalue weighted by atomic mass is 35.5. The molecule has 1 N–H and O–H groups in total. The van der Waals surface area contributed by atoms with Crippen LogP contribution in [0.5, 0.6) is 0 Å². The van der Waals surface area contributed by atoms with Gasteiger partial charge in [-0.1, -0.05) is 71.8 Å². The Morgan fingerprint density at radius 3 is 2.56 bits per heavy atom. The Hall–Kier alpha value is -3.08. The predicted octanol–water partition coefficient (Wildman–Crippen LogP) is 6.86. The predicted molar refractivity (Wildman–Crippen MR) is 147 cm³/mol. The van der Waals surface area contributed by atoms with Gasteiger partial charge in [-0.3, -0.25) is 4.79 Å². The Morgan fingerprint density at radius 1 is 1.08 bits per heavy atom. The third kappa shape index (κ3) is 5.50. The highest BCUT2D eigenvalue weighted by Gasteiger charge is 2.31. The number of carbonyl (C=O) groups is 1. The number of nitrogens with zero attached hydrogens (tertiary/aromatic N) is 1. The van der Waals surface area contributed by atoms with Crippen LogP contribution >= 0.6 is 11.6 Å². The van der Waals surface area contributed by atoms with Crippen LogP contribution in [-0.2, 0) is 16.1 Å². The number of benzene rings is 3. The van der Waals surface area contributed by atoms with E-state index in [0.717, 1.165) is 37.1 Å². The van der Waals surface area contributed by atoms with Crippen LogP contribution < -0.4 is 5.32 Å². The molecule has 4 nitrogen and oxygen atoms in total. The van der Waals surface area contributed by atoms with Gasteiger partial charge < -0.3 is 14.6 Å². The number of carbonyl (C=O) groups excluding carboxylic acids is 1. The van der Waals surface area contributed by atoms with Crippen LogP contribution in [-0.4, -0.2) is 29.2 Å². The smallest absolute Gasteiger partial charge is 0.221 e. The lowest BCUT2D eigenvalue weighted by molar-refractivity contribution is -0.122. The number of fused-ring (bicyclic) bond motifs is 1. The van der Waals surface area contributed by atoms with Crippen molar-refractivity contribution in [2.45, 2.75) is 51.2 Å². The normalized spacial score (nSPS) is 18.4. The van der Waals surface area contributed by atoms with Gasteiger partial charge in [0.2, 0.25) is 5.91 Å². The largest absolute Gasteiger partial charge is 0.373 e. The van der Waals surface area contributed by atoms with Crippen molar-refractivity contribution in [3.63, 3.8) is 0 Å². The van der Waals surface area contributed by atoms with E-state index < -0.39 is 0 Å². The molecule has 0 spiro atoms. The molecule has 2 atom stereocenters. The van der Waals surface area contributed by atoms with E-state index in [0.29, 0.717) is 18.0 Å². The highest BCUT2D eigenvalue weighted by Crippen LogP contribution is 2.36. The summed E-state index contributed by atoms with van der Waals surface area (Å²) >= 11 is 6.21. The average molecular weight is 501 g/mol. The van der Waals surface area contributed by atoms with Crippen LogP contribution in [0.1, 0.15) is 54.4 Å². The zero-order valence-electron chi connectivity index (χ0n) is 21.0. The maximum atomic E-state index is 13.2. The van der Waals surface area contributed by atoms with E-state index in [9.17, 15) is 4.79 Å². The topological polar surface area (TPSA) is 43.3 Å². The molecule has 1 aliphatic rings. The quantitative estimate of drug-likeness (QED) is 0.287. The summed E-state index contributed by atoms with van der Waals surface area (Å²) < 4.78 is 8.17. The van der Waals surface area contributed by atoms with Gasteiger partial charge in [0.25, 0.3) is 0 Å². The standard InChI is InChI=1S/C31H33ClN2O2/c1-22-8-10-23(11-9-22)19-34-20-28(26-6-3-4-7-29(26)34)27(24-12-14-25(32)15-13-24)18-30(35)33-21-31(2)16-5-17-36-31/h3-4,6-15,20,27H,5,16-19,21H2,1-2H3,(H,33,35)/t27-,31-/m0/s1. The molecule has 36 heavy (non-hydrogen) atoms. The number of aryl methyl sites for hydroxylation is 1. The minimum absolute atomic E-state index is 0.0297. The Balaban J connectivity index is 1.48. The van der Waals surface area contributed by atoms with Gasteiger partial charge in [0.15, 0.2) is 0 Å². The van der Waals surface area contributed by atoms with Crippen molar-refractivity contribution in [1.29, 1.82) is 0 Å². The highest BCUT2D eigenvalue weighted by molar-refractivity contribution is 6.30. The van der Waals surface area contributed by atoms with Gasteiger partial charge in [-0.2, -0.15) is 0 Å². The fraction of sp³-hybridized carbons (Fsp3) is 0.323. The molecule has 1 aromatic heterocycles. The van der Waals surface area contributed by atoms with Crippen molar-refractivity contribution in [1.82, 2.24) is 9.88 Å². The van der Waals surface area contributed by atoms with Crippen molar-refractivity contribution in [2.24, 2.45) is 0 Å². The molecular weight excluding hydrogens is 468 g/mol. The second-order valence-electron chi connectivity index (χ2n) is 10.2. The van der Waals surface area contributed by atoms with E-state index in [2.05, 4.69) is 78.5 Å². The molecule has 186 valence electrons. The van der Waals surface area contributed by atoms with E-state index in [1.807, 2.05) is 24.3 Å². The van der Waals surface area contributed by atoms with Gasteiger partial charge in [-0.05, 0) is 61.6 Å². The summed E-state index contributed by atoms with van der Waals surface area (Å²) in [6, 6.07) is 25.0. The summed E-state index contributed by atoms with van der Waals surface area (Å²) in [5.41, 5.74) is 5.63. The second kappa shape index (κ2) is 10.5. The number of para-hydroxylation sites is 1. The van der Waals surface area contributed by atoms with Crippen molar-refractivity contribution < 1.29 is 9.53 Å². The van der Waals surface area contributed by atoms with Crippen LogP contribution in [0.15, 0.2) is 79.0 Å². The number of halogens is 1. The number of rotatable bonds is 8. The number of nitrogens with one attached hydrogen (secondary N) is 1. The molecule has 0 unspecified atom stereocenters. The molecule has 0 saturated carbocycles. The van der Waals surface area contributed by atoms with Crippen LogP contribution in [0, 0.1) is 6.92 Å².